The van der Waals surface area contributed by atoms with Crippen LogP contribution in [0.25, 0.3) is 0 Å². The molecule has 23 heteroatoms. The third-order valence-corrected chi connectivity index (χ3v) is 36.1. The summed E-state index contributed by atoms with van der Waals surface area (Å²) in [6, 6.07) is 74.8. The smallest absolute Gasteiger partial charge is 0.140 e. The molecule has 2 aromatic heterocycles. The molecule has 10 unspecified atom stereocenters. The van der Waals surface area contributed by atoms with Crippen LogP contribution >= 0.6 is 81.3 Å². The number of aliphatic hydroxyl groups excluding tert-OH is 4. The van der Waals surface area contributed by atoms with Crippen LogP contribution in [0.4, 0.5) is 4.39 Å². The summed E-state index contributed by atoms with van der Waals surface area (Å²) in [6.45, 7) is 20.3. The van der Waals surface area contributed by atoms with Crippen molar-refractivity contribution in [3.63, 3.8) is 0 Å². The van der Waals surface area contributed by atoms with E-state index in [2.05, 4.69) is 244 Å². The van der Waals surface area contributed by atoms with Gasteiger partial charge in [-0.1, -0.05) is 256 Å². The number of aliphatic hydroxyl groups is 4. The fraction of sp³-hybridized carbons (Fsp3) is 0.536. The number of Topliss-reactive ketones (excluding diaryl/α,β-unsaturated/α-hetero) is 1. The molecule has 0 amide bonds. The minimum Gasteiger partial charge on any atom is -0.665 e. The molecule has 4 N–H and O–H groups in total. The minimum absolute atomic E-state index is 0. The Bertz CT molecular complexity index is 5160. The van der Waals surface area contributed by atoms with Gasteiger partial charge in [-0.25, -0.2) is 15.7 Å². The number of carbonyl (C=O) groups is 1. The van der Waals surface area contributed by atoms with Crippen molar-refractivity contribution in [2.75, 3.05) is 38.4 Å². The third-order valence-electron chi connectivity index (χ3n) is 30.8. The molecule has 5 fully saturated rings. The molecule has 148 heavy (non-hydrogen) atoms. The summed E-state index contributed by atoms with van der Waals surface area (Å²) in [7, 11) is 5.27. The number of hydrogen-bond donors (Lipinski definition) is 4. The molecule has 5 aliphatic carbocycles. The fourth-order valence-electron chi connectivity index (χ4n) is 22.4. The number of methoxy groups -OCH3 is 1. The second-order valence-electron chi connectivity index (χ2n) is 41.7. The quantitative estimate of drug-likeness (QED) is 0.0124. The number of hydrogen-bond acceptors (Lipinski definition) is 13. The summed E-state index contributed by atoms with van der Waals surface area (Å²) in [5.41, 5.74) is 16.0. The van der Waals surface area contributed by atoms with Gasteiger partial charge < -0.3 is 51.0 Å². The molecule has 8 aromatic carbocycles. The normalized spacial score (nSPS) is 22.8. The number of halogens is 5. The SMILES string of the molecule is CCCC(OC)c1ccc(CC[C@H]2C(Cl)CC(F)[C@@H]2CCCc2cc[c-]o2)cc1.CCCCOC1C[C@H](CCSc2n[c-]cs2)[C@@H](CCc2ccc(C(O)CCC)cc2)C1Cl.OCCc1cccc(SC[C@H]2C(Cl)CC[C@@H]2CCc2cc[c-]cc2)c1.[CH2-]Cc1ccc([C@H]2CC(C(C)(C)C)C(=O)[C@@H]2CCc2cccc(C(O)CCC)c2)cc1.[CH2-]Oc1cccc(C[C@H]2CCC(Cl)[C@@H]2CCc2ccc(CCO)cc2)c1.[Y].[Y].[Y].[Y].[Y]. The number of furan rings is 1. The molecule has 10 aromatic rings. The minimum atomic E-state index is -0.787. The molecule has 5 radical (unpaired) electrons. The van der Waals surface area contributed by atoms with E-state index in [1.54, 1.807) is 24.5 Å². The maximum atomic E-state index is 14.6. The third kappa shape index (κ3) is 44.9. The van der Waals surface area contributed by atoms with Gasteiger partial charge in [0.15, 0.2) is 0 Å². The van der Waals surface area contributed by atoms with E-state index in [4.69, 9.17) is 75.2 Å². The van der Waals surface area contributed by atoms with Gasteiger partial charge >= 0.3 is 0 Å². The van der Waals surface area contributed by atoms with Crippen LogP contribution < -0.4 is 4.74 Å². The van der Waals surface area contributed by atoms with E-state index in [0.717, 1.165) is 237 Å². The van der Waals surface area contributed by atoms with Crippen molar-refractivity contribution >= 4 is 87.0 Å². The molecule has 10 nitrogen and oxygen atoms in total. The van der Waals surface area contributed by atoms with E-state index >= 15 is 0 Å². The van der Waals surface area contributed by atoms with Crippen LogP contribution in [-0.2, 0) is 242 Å². The first-order valence-corrected chi connectivity index (χ1v) is 58.3. The van der Waals surface area contributed by atoms with Crippen LogP contribution in [0.3, 0.4) is 0 Å². The maximum Gasteiger partial charge on any atom is 0.140 e. The topological polar surface area (TPSA) is 152 Å². The Labute approximate surface area is 1050 Å². The van der Waals surface area contributed by atoms with E-state index in [0.29, 0.717) is 47.2 Å². The maximum absolute atomic E-state index is 14.6. The Hall–Kier alpha value is -0.791. The zero-order valence-electron chi connectivity index (χ0n) is 89.3. The number of ether oxygens (including phenoxy) is 3. The van der Waals surface area contributed by atoms with Gasteiger partial charge in [-0.3, -0.25) is 4.79 Å². The first-order chi connectivity index (χ1) is 69.4. The Balaban J connectivity index is 0.000000281. The number of aryl methyl sites for hydroxylation is 6. The number of carbonyl (C=O) groups excluding carboxylic acids is 1. The van der Waals surface area contributed by atoms with Gasteiger partial charge in [-0.05, 0) is 321 Å². The molecule has 0 spiro atoms. The molecule has 2 heterocycles. The summed E-state index contributed by atoms with van der Waals surface area (Å²) >= 11 is 32.3. The Morgan fingerprint density at radius 3 is 1.70 bits per heavy atom. The number of ketones is 1. The molecule has 0 aliphatic heterocycles. The first-order valence-electron chi connectivity index (χ1n) is 53.7. The Morgan fingerprint density at radius 2 is 1.09 bits per heavy atom. The van der Waals surface area contributed by atoms with Crippen LogP contribution in [0.15, 0.2) is 225 Å². The van der Waals surface area contributed by atoms with Gasteiger partial charge in [0.25, 0.3) is 0 Å². The van der Waals surface area contributed by atoms with Crippen molar-refractivity contribution in [2.24, 2.45) is 64.6 Å². The number of thioether (sulfide) groups is 2. The van der Waals surface area contributed by atoms with E-state index in [1.807, 2.05) is 71.4 Å². The molecule has 0 saturated heterocycles. The second-order valence-corrected chi connectivity index (χ2v) is 47.2. The van der Waals surface area contributed by atoms with Crippen LogP contribution in [0, 0.1) is 97.2 Å². The monoisotopic (exact) mass is 2520 g/mol. The number of aromatic nitrogens is 1. The van der Waals surface area contributed by atoms with Gasteiger partial charge in [0.05, 0.1) is 35.5 Å². The van der Waals surface area contributed by atoms with Gasteiger partial charge in [-0.2, -0.15) is 67.3 Å². The summed E-state index contributed by atoms with van der Waals surface area (Å²) in [6.07, 6.45) is 36.9. The van der Waals surface area contributed by atoms with E-state index in [1.165, 1.54) is 85.4 Å². The molecule has 5 saturated carbocycles. The van der Waals surface area contributed by atoms with E-state index in [9.17, 15) is 19.4 Å². The summed E-state index contributed by atoms with van der Waals surface area (Å²) < 4.78 is 37.9. The van der Waals surface area contributed by atoms with Gasteiger partial charge in [0.1, 0.15) is 12.0 Å². The van der Waals surface area contributed by atoms with Gasteiger partial charge in [0.2, 0.25) is 0 Å². The van der Waals surface area contributed by atoms with Crippen LogP contribution in [0.5, 0.6) is 5.75 Å². The van der Waals surface area contributed by atoms with Crippen molar-refractivity contribution < 1.29 is 212 Å². The van der Waals surface area contributed by atoms with Crippen molar-refractivity contribution in [1.29, 1.82) is 0 Å². The average molecular weight is 2530 g/mol. The Kier molecular flexibility index (Phi) is 68.5. The molecule has 5 aliphatic rings. The largest absolute Gasteiger partial charge is 0.665 e. The number of nitrogens with zero attached hydrogens (tertiary/aromatic N) is 1. The molecule has 0 bridgehead atoms. The number of unbranched alkanes of at least 4 members (excludes halogenated alkanes) is 1. The summed E-state index contributed by atoms with van der Waals surface area (Å²) in [5, 5.41) is 41.2. The van der Waals surface area contributed by atoms with Crippen molar-refractivity contribution in [1.82, 2.24) is 4.98 Å². The predicted octanol–water partition coefficient (Wildman–Crippen LogP) is 31.9. The summed E-state index contributed by atoms with van der Waals surface area (Å²) in [5.74, 6) is 8.62. The zero-order chi connectivity index (χ0) is 102. The molecular formula is C125H163Cl4FNO9S3Y5-5. The zero-order valence-corrected chi connectivity index (χ0v) is 109. The van der Waals surface area contributed by atoms with Crippen molar-refractivity contribution in [3.05, 3.63) is 322 Å². The van der Waals surface area contributed by atoms with E-state index < -0.39 is 12.3 Å². The molecular weight excluding hydrogens is 2360 g/mol. The second kappa shape index (κ2) is 74.7. The Morgan fingerprint density at radius 1 is 0.527 bits per heavy atom. The molecule has 795 valence electrons. The number of benzene rings is 8. The summed E-state index contributed by atoms with van der Waals surface area (Å²) in [4.78, 5) is 19.1. The van der Waals surface area contributed by atoms with Gasteiger partial charge in [0, 0.05) is 229 Å². The fourth-order valence-corrected chi connectivity index (χ4v) is 27.4. The van der Waals surface area contributed by atoms with Crippen molar-refractivity contribution in [3.8, 4) is 5.75 Å². The van der Waals surface area contributed by atoms with Crippen LogP contribution in [0.1, 0.15) is 298 Å². The van der Waals surface area contributed by atoms with Crippen LogP contribution in [0.2, 0.25) is 0 Å². The average Bonchev–Trinajstić information content (AvgIpc) is 1.63. The standard InChI is InChI=1S/C29H39O2.C26H37ClNO2S2.C25H33ClFO2.C23H28ClO2.C22H26ClOS.5Y/c1-6-9-27(30)23-11-8-10-21(18-23)14-17-24-25(19-26(28(24)31)29(3,4)5)22-15-12-20(7-2)13-16-22;1-3-5-15-30-24-18-21(13-16-31-26-28-14-17-32-26)22(25(24)27)12-9-19-7-10-20(11-8-19)23(29)6-4-2;1-3-6-25(28-2)19-13-10-18(11-14-19)12-15-21-22(24(27)17-23(21)26)9-4-7-20-8-5-16-29-20;1-26-21-4-2-3-19(16-21)15-20-10-12-23(24)22(20)11-9-17-5-7-18(8-6-17)13-14-25;23-22-12-11-19(10-9-17-5-2-1-3-6-17)21(22)16-25-20-8-4-7-18(15-20)13-14-24;;;;;/h8,10-13,15-16,18,24-27,30H,2,6-7,9,14,17,19H2,1,3-5H3;7-8,10-11,17,21-25,29H,3-6,9,12-13,15-16,18H2,1-2H3;5,8,10-11,13-14,21-25H,3-4,6-7,9,12,15,17H2,1-2H3;2-8,16,20,22-23,25H,1,9-15H2;2-8,15,19,21-22,24H,9-14,16H2;;;;;/q5*-1;;;;;/t24-,25-,26?,27?;21-,22+,23?,24?,25?;21-,22-,23?,24?,25?;20-,22-,23?;19-,21+,22?;;;;;/m10110...../s1. The number of alkyl halides is 5. The number of rotatable bonds is 49. The molecule has 15 rings (SSSR count). The molecule has 20 atom stereocenters. The predicted molar refractivity (Wildman–Crippen MR) is 597 cm³/mol. The van der Waals surface area contributed by atoms with Crippen molar-refractivity contribution in [2.45, 2.75) is 328 Å². The first kappa shape index (κ1) is 136. The number of thiazole rings is 1. The van der Waals surface area contributed by atoms with Crippen LogP contribution in [-0.4, -0.2) is 103 Å². The van der Waals surface area contributed by atoms with E-state index in [-0.39, 0.29) is 246 Å². The van der Waals surface area contributed by atoms with Gasteiger partial charge in [-0.15, -0.1) is 70.4 Å².